The Kier molecular flexibility index (Phi) is 2.86. The van der Waals surface area contributed by atoms with Crippen LogP contribution in [0.3, 0.4) is 0 Å². The lowest BCUT2D eigenvalue weighted by atomic mass is 10.2. The van der Waals surface area contributed by atoms with Gasteiger partial charge in [-0.3, -0.25) is 4.79 Å². The highest BCUT2D eigenvalue weighted by molar-refractivity contribution is 5.77. The normalized spacial score (nSPS) is 10.5. The fraction of sp³-hybridized carbons (Fsp3) is 0.273. The van der Waals surface area contributed by atoms with E-state index in [-0.39, 0.29) is 6.61 Å². The molecule has 0 atom stereocenters. The van der Waals surface area contributed by atoms with Crippen molar-refractivity contribution >= 4 is 10.9 Å². The second-order valence-corrected chi connectivity index (χ2v) is 3.29. The highest BCUT2D eigenvalue weighted by atomic mass is 16.7. The molecule has 0 bridgehead atoms. The highest BCUT2D eigenvalue weighted by Gasteiger charge is 2.13. The largest absolute Gasteiger partial charge is 0.412 e. The lowest BCUT2D eigenvalue weighted by molar-refractivity contribution is 0.0740. The minimum absolute atomic E-state index is 0.219. The molecule has 0 spiro atoms. The molecule has 90 valence electrons. The van der Waals surface area contributed by atoms with Crippen molar-refractivity contribution < 1.29 is 9.68 Å². The zero-order chi connectivity index (χ0) is 12.4. The first-order valence-corrected chi connectivity index (χ1v) is 5.15. The van der Waals surface area contributed by atoms with Crippen molar-refractivity contribution in [2.24, 2.45) is 0 Å². The molecule has 1 aromatic heterocycles. The van der Waals surface area contributed by atoms with Gasteiger partial charge in [0.25, 0.3) is 5.56 Å². The predicted octanol–water partition coefficient (Wildman–Crippen LogP) is -0.330. The maximum atomic E-state index is 12.0. The number of hydrogen-bond acceptors (Lipinski definition) is 4. The third-order valence-corrected chi connectivity index (χ3v) is 2.33. The standard InChI is InChI=1S/C11H12N2O4/c1-3-17-13-10(14)8-6-4-5-7-9(8)12(16-2)11(13)15/h4-7H,3H2,1-2H3. The molecule has 0 aliphatic rings. The minimum atomic E-state index is -0.655. The van der Waals surface area contributed by atoms with Crippen molar-refractivity contribution in [3.63, 3.8) is 0 Å². The van der Waals surface area contributed by atoms with E-state index in [1.807, 2.05) is 0 Å². The van der Waals surface area contributed by atoms with E-state index in [2.05, 4.69) is 0 Å². The Balaban J connectivity index is 2.95. The summed E-state index contributed by atoms with van der Waals surface area (Å²) in [4.78, 5) is 33.9. The van der Waals surface area contributed by atoms with Crippen LogP contribution in [-0.4, -0.2) is 23.2 Å². The molecule has 1 aromatic carbocycles. The van der Waals surface area contributed by atoms with Crippen LogP contribution in [0.4, 0.5) is 0 Å². The molecular formula is C11H12N2O4. The van der Waals surface area contributed by atoms with Crippen LogP contribution in [0.2, 0.25) is 0 Å². The average molecular weight is 236 g/mol. The molecule has 0 radical (unpaired) electrons. The Morgan fingerprint density at radius 2 is 1.88 bits per heavy atom. The van der Waals surface area contributed by atoms with Crippen molar-refractivity contribution in [1.82, 2.24) is 9.46 Å². The molecule has 0 unspecified atom stereocenters. The van der Waals surface area contributed by atoms with Gasteiger partial charge in [-0.1, -0.05) is 16.9 Å². The summed E-state index contributed by atoms with van der Waals surface area (Å²) in [5.41, 5.74) is -0.722. The molecule has 0 N–H and O–H groups in total. The van der Waals surface area contributed by atoms with E-state index in [1.165, 1.54) is 7.11 Å². The molecule has 6 heteroatoms. The van der Waals surface area contributed by atoms with Crippen LogP contribution in [0.5, 0.6) is 0 Å². The molecule has 17 heavy (non-hydrogen) atoms. The number of rotatable bonds is 3. The number of nitrogens with zero attached hydrogens (tertiary/aromatic N) is 2. The fourth-order valence-corrected chi connectivity index (χ4v) is 1.63. The smallest absolute Gasteiger partial charge is 0.398 e. The minimum Gasteiger partial charge on any atom is -0.412 e. The molecule has 1 heterocycles. The van der Waals surface area contributed by atoms with Gasteiger partial charge in [0.15, 0.2) is 0 Å². The van der Waals surface area contributed by atoms with Gasteiger partial charge in [-0.15, -0.1) is 4.73 Å². The first kappa shape index (κ1) is 11.3. The van der Waals surface area contributed by atoms with Gasteiger partial charge in [0.2, 0.25) is 0 Å². The molecule has 2 aromatic rings. The summed E-state index contributed by atoms with van der Waals surface area (Å²) < 4.78 is 1.72. The number of fused-ring (bicyclic) bond motifs is 1. The Bertz CT molecular complexity index is 657. The second kappa shape index (κ2) is 4.32. The van der Waals surface area contributed by atoms with Gasteiger partial charge in [-0.2, -0.15) is 0 Å². The van der Waals surface area contributed by atoms with Gasteiger partial charge in [0.1, 0.15) is 13.7 Å². The first-order chi connectivity index (χ1) is 8.20. The molecule has 0 fully saturated rings. The van der Waals surface area contributed by atoms with Crippen molar-refractivity contribution in [3.05, 3.63) is 45.1 Å². The SMILES string of the molecule is CCOn1c(=O)c2ccccc2n(OC)c1=O. The van der Waals surface area contributed by atoms with E-state index in [9.17, 15) is 9.59 Å². The van der Waals surface area contributed by atoms with Crippen molar-refractivity contribution in [2.45, 2.75) is 6.92 Å². The molecule has 2 rings (SSSR count). The second-order valence-electron chi connectivity index (χ2n) is 3.29. The fourth-order valence-electron chi connectivity index (χ4n) is 1.63. The highest BCUT2D eigenvalue weighted by Crippen LogP contribution is 2.05. The number of hydrogen-bond donors (Lipinski definition) is 0. The lowest BCUT2D eigenvalue weighted by Crippen LogP contribution is -2.45. The summed E-state index contributed by atoms with van der Waals surface area (Å²) >= 11 is 0. The molecule has 0 aliphatic carbocycles. The maximum Gasteiger partial charge on any atom is 0.398 e. The summed E-state index contributed by atoms with van der Waals surface area (Å²) in [6.45, 7) is 1.91. The Morgan fingerprint density at radius 3 is 2.53 bits per heavy atom. The van der Waals surface area contributed by atoms with Crippen molar-refractivity contribution in [3.8, 4) is 0 Å². The molecule has 0 amide bonds. The molecule has 0 saturated heterocycles. The van der Waals surface area contributed by atoms with E-state index in [0.29, 0.717) is 15.6 Å². The molecule has 6 nitrogen and oxygen atoms in total. The van der Waals surface area contributed by atoms with Crippen LogP contribution in [-0.2, 0) is 0 Å². The summed E-state index contributed by atoms with van der Waals surface area (Å²) in [5.74, 6) is 0. The van der Waals surface area contributed by atoms with Crippen LogP contribution < -0.4 is 20.9 Å². The van der Waals surface area contributed by atoms with E-state index >= 15 is 0 Å². The van der Waals surface area contributed by atoms with E-state index in [0.717, 1.165) is 4.73 Å². The number of benzene rings is 1. The zero-order valence-corrected chi connectivity index (χ0v) is 9.54. The third-order valence-electron chi connectivity index (χ3n) is 2.33. The van der Waals surface area contributed by atoms with Crippen LogP contribution >= 0.6 is 0 Å². The van der Waals surface area contributed by atoms with Gasteiger partial charge < -0.3 is 9.68 Å². The number of aromatic nitrogens is 2. The van der Waals surface area contributed by atoms with Gasteiger partial charge in [0, 0.05) is 0 Å². The number of para-hydroxylation sites is 1. The van der Waals surface area contributed by atoms with Crippen molar-refractivity contribution in [1.29, 1.82) is 0 Å². The first-order valence-electron chi connectivity index (χ1n) is 5.15. The van der Waals surface area contributed by atoms with Crippen LogP contribution in [0, 0.1) is 0 Å². The Labute approximate surface area is 96.5 Å². The average Bonchev–Trinajstić information content (AvgIpc) is 2.35. The van der Waals surface area contributed by atoms with Gasteiger partial charge in [-0.05, 0) is 19.1 Å². The van der Waals surface area contributed by atoms with E-state index in [1.54, 1.807) is 31.2 Å². The van der Waals surface area contributed by atoms with E-state index in [4.69, 9.17) is 9.68 Å². The van der Waals surface area contributed by atoms with Crippen LogP contribution in [0.25, 0.3) is 10.9 Å². The third kappa shape index (κ3) is 1.67. The van der Waals surface area contributed by atoms with Crippen LogP contribution in [0.1, 0.15) is 6.92 Å². The van der Waals surface area contributed by atoms with Gasteiger partial charge in [0.05, 0.1) is 10.9 Å². The van der Waals surface area contributed by atoms with Crippen molar-refractivity contribution in [2.75, 3.05) is 13.7 Å². The maximum absolute atomic E-state index is 12.0. The Hall–Kier alpha value is -2.24. The quantitative estimate of drug-likeness (QED) is 0.732. The molecule has 0 saturated carbocycles. The zero-order valence-electron chi connectivity index (χ0n) is 9.54. The summed E-state index contributed by atoms with van der Waals surface area (Å²) in [6.07, 6.45) is 0. The summed E-state index contributed by atoms with van der Waals surface area (Å²) in [7, 11) is 1.36. The predicted molar refractivity (Wildman–Crippen MR) is 62.1 cm³/mol. The topological polar surface area (TPSA) is 62.5 Å². The monoisotopic (exact) mass is 236 g/mol. The molecule has 0 aliphatic heterocycles. The Morgan fingerprint density at radius 1 is 1.18 bits per heavy atom. The van der Waals surface area contributed by atoms with Crippen LogP contribution in [0.15, 0.2) is 33.9 Å². The summed E-state index contributed by atoms with van der Waals surface area (Å²) in [6, 6.07) is 6.69. The summed E-state index contributed by atoms with van der Waals surface area (Å²) in [5, 5.41) is 0.363. The van der Waals surface area contributed by atoms with Gasteiger partial charge in [-0.25, -0.2) is 4.79 Å². The van der Waals surface area contributed by atoms with E-state index < -0.39 is 11.2 Å². The van der Waals surface area contributed by atoms with Gasteiger partial charge >= 0.3 is 5.69 Å². The lowest BCUT2D eigenvalue weighted by Gasteiger charge is -2.11. The molecular weight excluding hydrogens is 224 g/mol.